The molecule has 0 saturated carbocycles. The molecular formula is C16H22N2+2. The van der Waals surface area contributed by atoms with Gasteiger partial charge in [0.1, 0.15) is 0 Å². The van der Waals surface area contributed by atoms with E-state index in [1.54, 1.807) is 0 Å². The summed E-state index contributed by atoms with van der Waals surface area (Å²) in [7, 11) is 0. The van der Waals surface area contributed by atoms with E-state index in [1.807, 2.05) is 12.2 Å². The largest absolute Gasteiger partial charge is 0.206 e. The molecule has 2 heterocycles. The van der Waals surface area contributed by atoms with E-state index in [4.69, 9.17) is 0 Å². The Morgan fingerprint density at radius 3 is 1.61 bits per heavy atom. The van der Waals surface area contributed by atoms with Crippen LogP contribution in [0.2, 0.25) is 0 Å². The molecule has 0 bridgehead atoms. The van der Waals surface area contributed by atoms with Crippen LogP contribution >= 0.6 is 0 Å². The highest BCUT2D eigenvalue weighted by molar-refractivity contribution is 5.85. The molecule has 0 aromatic heterocycles. The summed E-state index contributed by atoms with van der Waals surface area (Å²) in [5, 5.41) is 0. The molecule has 2 unspecified atom stereocenters. The van der Waals surface area contributed by atoms with Crippen molar-refractivity contribution in [2.75, 3.05) is 13.1 Å². The Morgan fingerprint density at radius 2 is 1.33 bits per heavy atom. The summed E-state index contributed by atoms with van der Waals surface area (Å²) in [6, 6.07) is 0. The number of rotatable bonds is 5. The van der Waals surface area contributed by atoms with Crippen LogP contribution in [0.5, 0.6) is 0 Å². The highest BCUT2D eigenvalue weighted by Crippen LogP contribution is 2.13. The molecule has 0 aliphatic carbocycles. The van der Waals surface area contributed by atoms with Crippen LogP contribution in [0.25, 0.3) is 0 Å². The molecule has 0 aromatic carbocycles. The second-order valence-electron chi connectivity index (χ2n) is 4.88. The molecule has 2 aliphatic rings. The van der Waals surface area contributed by atoms with Gasteiger partial charge in [-0.25, -0.2) is 0 Å². The molecule has 2 aliphatic heterocycles. The zero-order chi connectivity index (χ0) is 13.1. The first-order valence-electron chi connectivity index (χ1n) is 6.49. The fraction of sp³-hybridized carbons (Fsp3) is 0.375. The third-order valence-electron chi connectivity index (χ3n) is 3.91. The molecule has 0 aromatic rings. The van der Waals surface area contributed by atoms with E-state index in [9.17, 15) is 0 Å². The van der Waals surface area contributed by atoms with Crippen molar-refractivity contribution < 1.29 is 9.15 Å². The molecule has 0 N–H and O–H groups in total. The van der Waals surface area contributed by atoms with Crippen LogP contribution in [-0.2, 0) is 0 Å². The molecule has 2 nitrogen and oxygen atoms in total. The minimum Gasteiger partial charge on any atom is -0.199 e. The van der Waals surface area contributed by atoms with Crippen molar-refractivity contribution in [3.05, 3.63) is 49.9 Å². The summed E-state index contributed by atoms with van der Waals surface area (Å²) in [4.78, 5) is 0. The van der Waals surface area contributed by atoms with Crippen LogP contribution in [-0.4, -0.2) is 33.7 Å². The number of hydrogen-bond donors (Lipinski definition) is 0. The third-order valence-corrected chi connectivity index (χ3v) is 3.91. The number of allylic oxidation sites excluding steroid dienone is 4. The van der Waals surface area contributed by atoms with Crippen molar-refractivity contribution in [3.63, 3.8) is 0 Å². The molecule has 0 spiro atoms. The van der Waals surface area contributed by atoms with Gasteiger partial charge < -0.3 is 0 Å². The Bertz CT molecular complexity index is 443. The fourth-order valence-electron chi connectivity index (χ4n) is 2.51. The van der Waals surface area contributed by atoms with Gasteiger partial charge in [0.2, 0.25) is 13.1 Å². The van der Waals surface area contributed by atoms with Gasteiger partial charge in [0.15, 0.2) is 23.8 Å². The Kier molecular flexibility index (Phi) is 3.75. The lowest BCUT2D eigenvalue weighted by Crippen LogP contribution is -2.24. The van der Waals surface area contributed by atoms with E-state index in [2.05, 4.69) is 60.7 Å². The molecule has 0 radical (unpaired) electrons. The van der Waals surface area contributed by atoms with Gasteiger partial charge in [-0.2, -0.15) is 9.15 Å². The Labute approximate surface area is 110 Å². The van der Waals surface area contributed by atoms with Crippen molar-refractivity contribution in [1.29, 1.82) is 0 Å². The van der Waals surface area contributed by atoms with Crippen LogP contribution in [0.15, 0.2) is 49.9 Å². The Balaban J connectivity index is 2.02. The zero-order valence-electron chi connectivity index (χ0n) is 11.3. The first-order chi connectivity index (χ1) is 8.67. The predicted molar refractivity (Wildman–Crippen MR) is 77.3 cm³/mol. The SMILES string of the molecule is C=CC1C=C[N+](CC[N+]2=C(C)C(C=C)C=C2)=C1C. The van der Waals surface area contributed by atoms with E-state index in [1.165, 1.54) is 11.4 Å². The lowest BCUT2D eigenvalue weighted by Gasteiger charge is -2.01. The molecule has 0 saturated heterocycles. The van der Waals surface area contributed by atoms with Crippen molar-refractivity contribution in [2.24, 2.45) is 11.8 Å². The summed E-state index contributed by atoms with van der Waals surface area (Å²) in [5.74, 6) is 0.815. The average Bonchev–Trinajstić information content (AvgIpc) is 2.90. The van der Waals surface area contributed by atoms with Crippen LogP contribution in [0.1, 0.15) is 13.8 Å². The topological polar surface area (TPSA) is 6.02 Å². The van der Waals surface area contributed by atoms with Crippen LogP contribution in [0.4, 0.5) is 0 Å². The monoisotopic (exact) mass is 242 g/mol. The zero-order valence-corrected chi connectivity index (χ0v) is 11.3. The first-order valence-corrected chi connectivity index (χ1v) is 6.49. The highest BCUT2D eigenvalue weighted by atomic mass is 15.1. The quantitative estimate of drug-likeness (QED) is 0.516. The Hall–Kier alpha value is -1.70. The summed E-state index contributed by atoms with van der Waals surface area (Å²) >= 11 is 0. The van der Waals surface area contributed by atoms with E-state index < -0.39 is 0 Å². The standard InChI is InChI=1S/C16H22N2/c1-5-15-7-9-17(13(15)3)11-12-18-10-8-16(6-2)14(18)4/h5-10,15-16H,1-2,11-12H2,3-4H3/q+2. The molecule has 2 heteroatoms. The molecule has 0 amide bonds. The van der Waals surface area contributed by atoms with Gasteiger partial charge >= 0.3 is 0 Å². The summed E-state index contributed by atoms with van der Waals surface area (Å²) < 4.78 is 4.63. The van der Waals surface area contributed by atoms with E-state index in [0.29, 0.717) is 11.8 Å². The van der Waals surface area contributed by atoms with Gasteiger partial charge in [-0.05, 0) is 12.2 Å². The lowest BCUT2D eigenvalue weighted by atomic mass is 10.1. The van der Waals surface area contributed by atoms with E-state index in [-0.39, 0.29) is 0 Å². The van der Waals surface area contributed by atoms with Crippen molar-refractivity contribution >= 4 is 11.4 Å². The van der Waals surface area contributed by atoms with E-state index >= 15 is 0 Å². The minimum absolute atomic E-state index is 0.408. The van der Waals surface area contributed by atoms with Gasteiger partial charge in [-0.15, -0.1) is 13.2 Å². The van der Waals surface area contributed by atoms with Crippen LogP contribution in [0.3, 0.4) is 0 Å². The Morgan fingerprint density at radius 1 is 0.944 bits per heavy atom. The summed E-state index contributed by atoms with van der Waals surface area (Å²) in [5.41, 5.74) is 2.73. The minimum atomic E-state index is 0.408. The first kappa shape index (κ1) is 12.7. The van der Waals surface area contributed by atoms with Crippen molar-refractivity contribution in [3.8, 4) is 0 Å². The second kappa shape index (κ2) is 5.30. The van der Waals surface area contributed by atoms with Gasteiger partial charge in [-0.3, -0.25) is 0 Å². The van der Waals surface area contributed by atoms with E-state index in [0.717, 1.165) is 13.1 Å². The smallest absolute Gasteiger partial charge is 0.199 e. The number of nitrogens with zero attached hydrogens (tertiary/aromatic N) is 2. The molecule has 0 fully saturated rings. The summed E-state index contributed by atoms with van der Waals surface area (Å²) in [6.07, 6.45) is 12.7. The maximum Gasteiger partial charge on any atom is 0.206 e. The fourth-order valence-corrected chi connectivity index (χ4v) is 2.51. The van der Waals surface area contributed by atoms with Crippen LogP contribution in [0, 0.1) is 11.8 Å². The second-order valence-corrected chi connectivity index (χ2v) is 4.88. The number of hydrogen-bond acceptors (Lipinski definition) is 0. The molecule has 2 atom stereocenters. The highest BCUT2D eigenvalue weighted by Gasteiger charge is 2.26. The lowest BCUT2D eigenvalue weighted by molar-refractivity contribution is -0.531. The third kappa shape index (κ3) is 2.28. The van der Waals surface area contributed by atoms with Crippen molar-refractivity contribution in [1.82, 2.24) is 0 Å². The van der Waals surface area contributed by atoms with Gasteiger partial charge in [-0.1, -0.05) is 12.2 Å². The average molecular weight is 242 g/mol. The van der Waals surface area contributed by atoms with Gasteiger partial charge in [0, 0.05) is 13.8 Å². The molecule has 18 heavy (non-hydrogen) atoms. The maximum absolute atomic E-state index is 3.86. The van der Waals surface area contributed by atoms with Gasteiger partial charge in [0.25, 0.3) is 0 Å². The normalized spacial score (nSPS) is 26.3. The predicted octanol–water partition coefficient (Wildman–Crippen LogP) is 2.59. The maximum atomic E-state index is 3.86. The van der Waals surface area contributed by atoms with Crippen molar-refractivity contribution in [2.45, 2.75) is 13.8 Å². The molecule has 2 rings (SSSR count). The summed E-state index contributed by atoms with van der Waals surface area (Å²) in [6.45, 7) is 14.1. The van der Waals surface area contributed by atoms with Gasteiger partial charge in [0.05, 0.1) is 11.8 Å². The van der Waals surface area contributed by atoms with Crippen LogP contribution < -0.4 is 0 Å². The molecule has 94 valence electrons. The molecular weight excluding hydrogens is 220 g/mol.